The predicted molar refractivity (Wildman–Crippen MR) is 135 cm³/mol. The van der Waals surface area contributed by atoms with E-state index < -0.39 is 0 Å². The Morgan fingerprint density at radius 3 is 2.76 bits per heavy atom. The quantitative estimate of drug-likeness (QED) is 0.462. The molecule has 0 aromatic carbocycles. The number of fused-ring (bicyclic) bond motifs is 1. The first-order valence-electron chi connectivity index (χ1n) is 12.1. The van der Waals surface area contributed by atoms with Crippen LogP contribution in [0.1, 0.15) is 57.9 Å². The summed E-state index contributed by atoms with van der Waals surface area (Å²) in [6.07, 6.45) is 7.82. The molecular weight excluding hydrogens is 432 g/mol. The van der Waals surface area contributed by atoms with Gasteiger partial charge < -0.3 is 15.7 Å². The molecule has 8 heteroatoms. The maximum Gasteiger partial charge on any atom is 0.190 e. The van der Waals surface area contributed by atoms with E-state index in [1.54, 1.807) is 17.5 Å². The summed E-state index contributed by atoms with van der Waals surface area (Å²) in [6, 6.07) is 8.59. The zero-order valence-corrected chi connectivity index (χ0v) is 20.4. The van der Waals surface area contributed by atoms with Crippen molar-refractivity contribution in [3.05, 3.63) is 36.0 Å². The topological polar surface area (TPSA) is 86.2 Å². The third-order valence-electron chi connectivity index (χ3n) is 6.72. The van der Waals surface area contributed by atoms with E-state index in [2.05, 4.69) is 51.5 Å². The van der Waals surface area contributed by atoms with E-state index in [9.17, 15) is 5.11 Å². The van der Waals surface area contributed by atoms with E-state index in [1.165, 1.54) is 18.4 Å². The van der Waals surface area contributed by atoms with Gasteiger partial charge in [-0.15, -0.1) is 0 Å². The summed E-state index contributed by atoms with van der Waals surface area (Å²) in [5, 5.41) is 17.7. The molecule has 0 bridgehead atoms. The minimum Gasteiger partial charge on any atom is -0.393 e. The second kappa shape index (κ2) is 9.52. The normalized spacial score (nSPS) is 23.5. The van der Waals surface area contributed by atoms with Gasteiger partial charge in [0, 0.05) is 25.3 Å². The minimum atomic E-state index is -0.158. The molecule has 0 spiro atoms. The lowest BCUT2D eigenvalue weighted by molar-refractivity contribution is 0.111. The fourth-order valence-electron chi connectivity index (χ4n) is 5.12. The Kier molecular flexibility index (Phi) is 6.49. The first-order chi connectivity index (χ1) is 15.9. The third kappa shape index (κ3) is 5.80. The number of hydrogen-bond donors (Lipinski definition) is 3. The van der Waals surface area contributed by atoms with Crippen LogP contribution in [-0.4, -0.2) is 50.2 Å². The number of anilines is 3. The number of thiazole rings is 1. The largest absolute Gasteiger partial charge is 0.393 e. The van der Waals surface area contributed by atoms with Crippen LogP contribution in [0.15, 0.2) is 30.5 Å². The summed E-state index contributed by atoms with van der Waals surface area (Å²) in [7, 11) is 0. The molecule has 3 aromatic rings. The molecule has 176 valence electrons. The molecule has 0 unspecified atom stereocenters. The van der Waals surface area contributed by atoms with Crippen molar-refractivity contribution in [2.75, 3.05) is 23.7 Å². The van der Waals surface area contributed by atoms with Crippen LogP contribution in [0.25, 0.3) is 10.3 Å². The number of piperidine rings is 1. The van der Waals surface area contributed by atoms with Crippen molar-refractivity contribution in [2.45, 2.75) is 71.1 Å². The number of aliphatic hydroxyl groups is 1. The number of likely N-dealkylation sites (tertiary alicyclic amines) is 1. The average molecular weight is 467 g/mol. The van der Waals surface area contributed by atoms with Gasteiger partial charge in [0.25, 0.3) is 0 Å². The fourth-order valence-corrected chi connectivity index (χ4v) is 5.93. The highest BCUT2D eigenvalue weighted by Gasteiger charge is 2.26. The van der Waals surface area contributed by atoms with Gasteiger partial charge >= 0.3 is 0 Å². The molecule has 3 aromatic heterocycles. The number of hydrogen-bond acceptors (Lipinski definition) is 8. The minimum absolute atomic E-state index is 0.158. The van der Waals surface area contributed by atoms with Crippen molar-refractivity contribution in [3.63, 3.8) is 0 Å². The molecule has 5 rings (SSSR count). The number of aliphatic hydroxyl groups excluding tert-OH is 1. The van der Waals surface area contributed by atoms with Gasteiger partial charge in [-0.2, -0.15) is 0 Å². The van der Waals surface area contributed by atoms with E-state index in [4.69, 9.17) is 4.98 Å². The molecular formula is C25H34N6OS. The van der Waals surface area contributed by atoms with Crippen molar-refractivity contribution in [2.24, 2.45) is 5.41 Å². The first-order valence-corrected chi connectivity index (χ1v) is 12.9. The van der Waals surface area contributed by atoms with Crippen LogP contribution >= 0.6 is 11.3 Å². The number of aromatic nitrogens is 3. The smallest absolute Gasteiger partial charge is 0.190 e. The number of rotatable bonds is 6. The second-order valence-corrected chi connectivity index (χ2v) is 11.3. The highest BCUT2D eigenvalue weighted by molar-refractivity contribution is 7.21. The van der Waals surface area contributed by atoms with E-state index in [1.807, 2.05) is 12.1 Å². The Labute approximate surface area is 199 Å². The van der Waals surface area contributed by atoms with Crippen LogP contribution in [0.4, 0.5) is 16.8 Å². The molecule has 2 aliphatic rings. The van der Waals surface area contributed by atoms with Crippen LogP contribution in [0.2, 0.25) is 0 Å². The monoisotopic (exact) mass is 466 g/mol. The molecule has 0 radical (unpaired) electrons. The van der Waals surface area contributed by atoms with Crippen molar-refractivity contribution in [1.82, 2.24) is 19.9 Å². The lowest BCUT2D eigenvalue weighted by Gasteiger charge is -2.38. The summed E-state index contributed by atoms with van der Waals surface area (Å²) >= 11 is 1.54. The molecule has 0 amide bonds. The summed E-state index contributed by atoms with van der Waals surface area (Å²) in [5.74, 6) is 1.70. The number of nitrogens with one attached hydrogen (secondary N) is 2. The highest BCUT2D eigenvalue weighted by atomic mass is 32.1. The Bertz CT molecular complexity index is 1060. The Balaban J connectivity index is 1.38. The fraction of sp³-hybridized carbons (Fsp3) is 0.560. The molecule has 33 heavy (non-hydrogen) atoms. The Morgan fingerprint density at radius 2 is 1.97 bits per heavy atom. The highest BCUT2D eigenvalue weighted by Crippen LogP contribution is 2.31. The van der Waals surface area contributed by atoms with E-state index in [0.717, 1.165) is 72.4 Å². The zero-order chi connectivity index (χ0) is 22.8. The van der Waals surface area contributed by atoms with Crippen molar-refractivity contribution >= 4 is 38.5 Å². The van der Waals surface area contributed by atoms with Gasteiger partial charge in [0.15, 0.2) is 5.13 Å². The first kappa shape index (κ1) is 22.5. The van der Waals surface area contributed by atoms with Crippen molar-refractivity contribution < 1.29 is 5.11 Å². The van der Waals surface area contributed by atoms with Crippen LogP contribution in [-0.2, 0) is 6.54 Å². The Hall–Kier alpha value is -2.29. The van der Waals surface area contributed by atoms with E-state index in [-0.39, 0.29) is 6.10 Å². The van der Waals surface area contributed by atoms with Crippen LogP contribution < -0.4 is 10.6 Å². The summed E-state index contributed by atoms with van der Waals surface area (Å²) in [4.78, 5) is 17.4. The van der Waals surface area contributed by atoms with Crippen LogP contribution in [0.3, 0.4) is 0 Å². The van der Waals surface area contributed by atoms with Gasteiger partial charge in [0.1, 0.15) is 22.0 Å². The van der Waals surface area contributed by atoms with Crippen LogP contribution in [0, 0.1) is 5.41 Å². The van der Waals surface area contributed by atoms with Crippen molar-refractivity contribution in [3.8, 4) is 0 Å². The molecule has 1 aliphatic carbocycles. The van der Waals surface area contributed by atoms with Gasteiger partial charge in [-0.25, -0.2) is 15.0 Å². The lowest BCUT2D eigenvalue weighted by atomic mass is 9.84. The molecule has 1 saturated carbocycles. The van der Waals surface area contributed by atoms with Crippen molar-refractivity contribution in [1.29, 1.82) is 0 Å². The molecule has 2 fully saturated rings. The zero-order valence-electron chi connectivity index (χ0n) is 19.5. The standard InChI is InChI=1S/C25H34N6OS/c1-25(2)10-4-12-31(16-25)15-17-13-21(27-18-6-8-19(32)9-7-18)29-22(14-17)30-24-28-20-5-3-11-26-23(20)33-24/h3,5,11,13-14,18-19,32H,4,6-10,12,15-16H2,1-2H3,(H2,27,28,29,30)/t18-,19-. The summed E-state index contributed by atoms with van der Waals surface area (Å²) < 4.78 is 0. The lowest BCUT2D eigenvalue weighted by Crippen LogP contribution is -2.39. The number of pyridine rings is 2. The van der Waals surface area contributed by atoms with Gasteiger partial charge in [-0.1, -0.05) is 25.2 Å². The van der Waals surface area contributed by atoms with E-state index >= 15 is 0 Å². The summed E-state index contributed by atoms with van der Waals surface area (Å²) in [5.41, 5.74) is 2.52. The van der Waals surface area contributed by atoms with Crippen LogP contribution in [0.5, 0.6) is 0 Å². The maximum absolute atomic E-state index is 9.86. The SMILES string of the molecule is CC1(C)CCCN(Cc2cc(Nc3nc4cccnc4s3)nc(N[C@H]3CC[C@H](O)CC3)c2)C1. The second-order valence-electron chi connectivity index (χ2n) is 10.3. The summed E-state index contributed by atoms with van der Waals surface area (Å²) in [6.45, 7) is 7.90. The average Bonchev–Trinajstić information content (AvgIpc) is 3.17. The van der Waals surface area contributed by atoms with E-state index in [0.29, 0.717) is 11.5 Å². The molecule has 3 N–H and O–H groups in total. The third-order valence-corrected chi connectivity index (χ3v) is 7.62. The molecule has 7 nitrogen and oxygen atoms in total. The van der Waals surface area contributed by atoms with Gasteiger partial charge in [-0.05, 0) is 80.3 Å². The molecule has 4 heterocycles. The van der Waals surface area contributed by atoms with Gasteiger partial charge in [-0.3, -0.25) is 4.90 Å². The predicted octanol–water partition coefficient (Wildman–Crippen LogP) is 5.17. The molecule has 1 aliphatic heterocycles. The molecule has 1 saturated heterocycles. The maximum atomic E-state index is 9.86. The van der Waals surface area contributed by atoms with Gasteiger partial charge in [0.05, 0.1) is 6.10 Å². The number of nitrogens with zero attached hydrogens (tertiary/aromatic N) is 4. The van der Waals surface area contributed by atoms with Gasteiger partial charge in [0.2, 0.25) is 0 Å². The molecule has 0 atom stereocenters. The Morgan fingerprint density at radius 1 is 1.15 bits per heavy atom.